The third-order valence-corrected chi connectivity index (χ3v) is 2.46. The van der Waals surface area contributed by atoms with Crippen LogP contribution in [-0.2, 0) is 16.2 Å². The summed E-state index contributed by atoms with van der Waals surface area (Å²) in [6, 6.07) is 7.45. The average Bonchev–Trinajstić information content (AvgIpc) is 2.36. The third kappa shape index (κ3) is 5.32. The molecular formula is C15H21O3. The maximum absolute atomic E-state index is 11.6. The molecule has 0 N–H and O–H groups in total. The van der Waals surface area contributed by atoms with Gasteiger partial charge in [0.25, 0.3) is 0 Å². The molecule has 1 aromatic rings. The van der Waals surface area contributed by atoms with Gasteiger partial charge in [-0.1, -0.05) is 39.3 Å². The van der Waals surface area contributed by atoms with Gasteiger partial charge in [-0.25, -0.2) is 4.79 Å². The maximum Gasteiger partial charge on any atom is 0.373 e. The second-order valence-electron chi connectivity index (χ2n) is 4.65. The summed E-state index contributed by atoms with van der Waals surface area (Å²) in [7, 11) is 0. The maximum atomic E-state index is 11.6. The van der Waals surface area contributed by atoms with Crippen molar-refractivity contribution in [2.45, 2.75) is 40.0 Å². The van der Waals surface area contributed by atoms with E-state index in [1.165, 1.54) is 18.6 Å². The minimum absolute atomic E-state index is 0.217. The molecule has 0 amide bonds. The van der Waals surface area contributed by atoms with Crippen LogP contribution < -0.4 is 0 Å². The molecule has 1 aromatic carbocycles. The minimum atomic E-state index is -0.464. The highest BCUT2D eigenvalue weighted by Crippen LogP contribution is 2.10. The molecule has 0 spiro atoms. The number of benzene rings is 1. The first-order chi connectivity index (χ1) is 8.63. The molecule has 0 aliphatic rings. The van der Waals surface area contributed by atoms with Crippen molar-refractivity contribution in [3.05, 3.63) is 42.0 Å². The molecule has 0 saturated heterocycles. The molecule has 0 bridgehead atoms. The fourth-order valence-corrected chi connectivity index (χ4v) is 1.42. The van der Waals surface area contributed by atoms with E-state index in [4.69, 9.17) is 4.89 Å². The van der Waals surface area contributed by atoms with Gasteiger partial charge in [-0.2, -0.15) is 4.89 Å². The van der Waals surface area contributed by atoms with Crippen molar-refractivity contribution in [3.8, 4) is 0 Å². The Morgan fingerprint density at radius 3 is 2.50 bits per heavy atom. The van der Waals surface area contributed by atoms with Crippen LogP contribution in [0.3, 0.4) is 0 Å². The van der Waals surface area contributed by atoms with Crippen LogP contribution in [0.5, 0.6) is 0 Å². The quantitative estimate of drug-likeness (QED) is 0.542. The van der Waals surface area contributed by atoms with Gasteiger partial charge in [0.1, 0.15) is 6.61 Å². The van der Waals surface area contributed by atoms with Gasteiger partial charge in [-0.05, 0) is 36.5 Å². The fraction of sp³-hybridized carbons (Fsp3) is 0.467. The number of rotatable bonds is 7. The number of carbonyl (C=O) groups excluding carboxylic acids is 1. The Morgan fingerprint density at radius 1 is 1.28 bits per heavy atom. The summed E-state index contributed by atoms with van der Waals surface area (Å²) >= 11 is 0. The van der Waals surface area contributed by atoms with Gasteiger partial charge < -0.3 is 0 Å². The largest absolute Gasteiger partial charge is 0.373 e. The summed E-state index contributed by atoms with van der Waals surface area (Å²) in [5.74, 6) is -0.247. The number of carbonyl (C=O) groups is 1. The lowest BCUT2D eigenvalue weighted by atomic mass is 10.1. The summed E-state index contributed by atoms with van der Waals surface area (Å²) < 4.78 is 0. The van der Waals surface area contributed by atoms with Crippen molar-refractivity contribution in [1.82, 2.24) is 0 Å². The van der Waals surface area contributed by atoms with Crippen LogP contribution in [0.1, 0.15) is 49.5 Å². The van der Waals surface area contributed by atoms with Crippen molar-refractivity contribution >= 4 is 5.97 Å². The smallest absolute Gasteiger partial charge is 0.292 e. The Labute approximate surface area is 109 Å². The molecule has 0 saturated carbocycles. The van der Waals surface area contributed by atoms with Crippen LogP contribution in [0.25, 0.3) is 0 Å². The van der Waals surface area contributed by atoms with Gasteiger partial charge in [0, 0.05) is 0 Å². The molecule has 0 aromatic heterocycles. The Hall–Kier alpha value is -1.35. The van der Waals surface area contributed by atoms with E-state index in [1.54, 1.807) is 12.1 Å². The van der Waals surface area contributed by atoms with E-state index in [0.29, 0.717) is 5.56 Å². The van der Waals surface area contributed by atoms with Crippen molar-refractivity contribution in [2.75, 3.05) is 0 Å². The number of hydrogen-bond acceptors (Lipinski definition) is 3. The molecule has 0 aliphatic heterocycles. The first-order valence-electron chi connectivity index (χ1n) is 6.43. The molecule has 99 valence electrons. The predicted octanol–water partition coefficient (Wildman–Crippen LogP) is 3.94. The Morgan fingerprint density at radius 2 is 1.94 bits per heavy atom. The fourth-order valence-electron chi connectivity index (χ4n) is 1.42. The number of aryl methyl sites for hydroxylation is 1. The number of unbranched alkanes of at least 4 members (excludes halogenated alkanes) is 1. The molecule has 0 unspecified atom stereocenters. The molecule has 3 heteroatoms. The predicted molar refractivity (Wildman–Crippen MR) is 70.7 cm³/mol. The molecule has 1 radical (unpaired) electrons. The normalized spacial score (nSPS) is 10.7. The van der Waals surface area contributed by atoms with Crippen molar-refractivity contribution in [1.29, 1.82) is 0 Å². The highest BCUT2D eigenvalue weighted by atomic mass is 17.2. The van der Waals surface area contributed by atoms with E-state index in [2.05, 4.69) is 11.8 Å². The summed E-state index contributed by atoms with van der Waals surface area (Å²) in [6.07, 6.45) is 3.38. The zero-order valence-electron chi connectivity index (χ0n) is 11.3. The van der Waals surface area contributed by atoms with Crippen LogP contribution in [0.2, 0.25) is 0 Å². The third-order valence-electron chi connectivity index (χ3n) is 2.46. The van der Waals surface area contributed by atoms with Crippen LogP contribution in [0.15, 0.2) is 24.3 Å². The lowest BCUT2D eigenvalue weighted by Gasteiger charge is -2.05. The highest BCUT2D eigenvalue weighted by molar-refractivity contribution is 5.88. The van der Waals surface area contributed by atoms with E-state index in [0.717, 1.165) is 12.8 Å². The average molecular weight is 249 g/mol. The second kappa shape index (κ2) is 7.88. The Kier molecular flexibility index (Phi) is 6.44. The van der Waals surface area contributed by atoms with Gasteiger partial charge >= 0.3 is 5.97 Å². The second-order valence-corrected chi connectivity index (χ2v) is 4.65. The molecule has 0 atom stereocenters. The SMILES string of the molecule is CCCCc1ccc(C(=O)OO[CH]C(C)C)cc1. The summed E-state index contributed by atoms with van der Waals surface area (Å²) in [5.41, 5.74) is 1.75. The lowest BCUT2D eigenvalue weighted by Crippen LogP contribution is -2.06. The monoisotopic (exact) mass is 249 g/mol. The lowest BCUT2D eigenvalue weighted by molar-refractivity contribution is -0.217. The zero-order chi connectivity index (χ0) is 13.4. The van der Waals surface area contributed by atoms with E-state index >= 15 is 0 Å². The molecule has 0 heterocycles. The van der Waals surface area contributed by atoms with Gasteiger partial charge in [0.05, 0.1) is 5.56 Å². The van der Waals surface area contributed by atoms with Gasteiger partial charge in [0.2, 0.25) is 0 Å². The zero-order valence-corrected chi connectivity index (χ0v) is 11.3. The Bertz CT molecular complexity index is 355. The standard InChI is InChI=1S/C15H21O3/c1-4-5-6-13-7-9-14(10-8-13)15(16)18-17-11-12(2)3/h7-12H,4-6H2,1-3H3. The van der Waals surface area contributed by atoms with Crippen molar-refractivity contribution in [2.24, 2.45) is 5.92 Å². The summed E-state index contributed by atoms with van der Waals surface area (Å²) in [6.45, 7) is 7.52. The molecule has 1 rings (SSSR count). The van der Waals surface area contributed by atoms with Crippen LogP contribution >= 0.6 is 0 Å². The van der Waals surface area contributed by atoms with Gasteiger partial charge in [-0.3, -0.25) is 4.89 Å². The van der Waals surface area contributed by atoms with Crippen molar-refractivity contribution in [3.63, 3.8) is 0 Å². The summed E-state index contributed by atoms with van der Waals surface area (Å²) in [5, 5.41) is 0. The van der Waals surface area contributed by atoms with Crippen molar-refractivity contribution < 1.29 is 14.6 Å². The highest BCUT2D eigenvalue weighted by Gasteiger charge is 2.08. The molecule has 18 heavy (non-hydrogen) atoms. The van der Waals surface area contributed by atoms with Crippen LogP contribution in [0, 0.1) is 12.5 Å². The van der Waals surface area contributed by atoms with E-state index < -0.39 is 5.97 Å². The van der Waals surface area contributed by atoms with Crippen LogP contribution in [0.4, 0.5) is 0 Å². The summed E-state index contributed by atoms with van der Waals surface area (Å²) in [4.78, 5) is 21.0. The van der Waals surface area contributed by atoms with Crippen LogP contribution in [-0.4, -0.2) is 5.97 Å². The van der Waals surface area contributed by atoms with E-state index in [1.807, 2.05) is 26.0 Å². The van der Waals surface area contributed by atoms with Gasteiger partial charge in [0.15, 0.2) is 0 Å². The number of hydrogen-bond donors (Lipinski definition) is 0. The molecule has 3 nitrogen and oxygen atoms in total. The first-order valence-corrected chi connectivity index (χ1v) is 6.43. The Balaban J connectivity index is 2.43. The van der Waals surface area contributed by atoms with Gasteiger partial charge in [-0.15, -0.1) is 0 Å². The first kappa shape index (κ1) is 14.7. The molecule has 0 fully saturated rings. The minimum Gasteiger partial charge on any atom is -0.292 e. The molecule has 0 aliphatic carbocycles. The molecular weight excluding hydrogens is 228 g/mol. The van der Waals surface area contributed by atoms with E-state index in [9.17, 15) is 4.79 Å². The topological polar surface area (TPSA) is 35.5 Å². The van der Waals surface area contributed by atoms with E-state index in [-0.39, 0.29) is 5.92 Å².